The lowest BCUT2D eigenvalue weighted by molar-refractivity contribution is -0.117. The molecular formula is C21H20N2O5S. The largest absolute Gasteiger partial charge is 0.493 e. The summed E-state index contributed by atoms with van der Waals surface area (Å²) in [6, 6.07) is 9.24. The molecule has 0 bridgehead atoms. The first kappa shape index (κ1) is 19.1. The van der Waals surface area contributed by atoms with Gasteiger partial charge in [-0.05, 0) is 17.7 Å². The van der Waals surface area contributed by atoms with Crippen LogP contribution in [0.5, 0.6) is 23.0 Å². The summed E-state index contributed by atoms with van der Waals surface area (Å²) in [5.74, 6) is 2.35. The van der Waals surface area contributed by atoms with Gasteiger partial charge in [0.25, 0.3) is 5.91 Å². The molecule has 8 heteroatoms. The second kappa shape index (κ2) is 8.00. The molecule has 3 aromatic rings. The zero-order valence-electron chi connectivity index (χ0n) is 16.1. The highest BCUT2D eigenvalue weighted by atomic mass is 32.1. The third-order valence-corrected chi connectivity index (χ3v) is 5.55. The number of benzene rings is 2. The van der Waals surface area contributed by atoms with Crippen LogP contribution in [0.1, 0.15) is 5.56 Å². The van der Waals surface area contributed by atoms with Crippen molar-refractivity contribution in [2.75, 3.05) is 21.0 Å². The quantitative estimate of drug-likeness (QED) is 0.581. The van der Waals surface area contributed by atoms with Gasteiger partial charge >= 0.3 is 0 Å². The van der Waals surface area contributed by atoms with Crippen LogP contribution in [0, 0.1) is 0 Å². The fraction of sp³-hybridized carbons (Fsp3) is 0.238. The maximum absolute atomic E-state index is 12.6. The van der Waals surface area contributed by atoms with Crippen molar-refractivity contribution in [3.8, 4) is 23.0 Å². The van der Waals surface area contributed by atoms with Crippen molar-refractivity contribution in [3.63, 3.8) is 0 Å². The number of carbonyl (C=O) groups is 1. The van der Waals surface area contributed by atoms with Crippen molar-refractivity contribution >= 4 is 27.5 Å². The van der Waals surface area contributed by atoms with Gasteiger partial charge in [0.1, 0.15) is 0 Å². The number of carbonyl (C=O) groups excluding carboxylic acids is 1. The Labute approximate surface area is 171 Å². The molecule has 0 atom stereocenters. The van der Waals surface area contributed by atoms with Gasteiger partial charge in [-0.25, -0.2) is 0 Å². The second-order valence-electron chi connectivity index (χ2n) is 6.33. The molecule has 1 aliphatic rings. The summed E-state index contributed by atoms with van der Waals surface area (Å²) in [7, 11) is 3.18. The van der Waals surface area contributed by atoms with Crippen LogP contribution in [0.3, 0.4) is 0 Å². The van der Waals surface area contributed by atoms with Crippen LogP contribution in [0.2, 0.25) is 0 Å². The molecular weight excluding hydrogens is 392 g/mol. The highest BCUT2D eigenvalue weighted by Crippen LogP contribution is 2.34. The number of aromatic nitrogens is 1. The third-order valence-electron chi connectivity index (χ3n) is 4.51. The maximum Gasteiger partial charge on any atom is 0.252 e. The molecule has 0 saturated carbocycles. The van der Waals surface area contributed by atoms with Crippen molar-refractivity contribution in [3.05, 3.63) is 53.4 Å². The maximum atomic E-state index is 12.6. The van der Waals surface area contributed by atoms with E-state index in [0.29, 0.717) is 34.3 Å². The number of hydrogen-bond acceptors (Lipinski definition) is 6. The average molecular weight is 412 g/mol. The lowest BCUT2D eigenvalue weighted by Crippen LogP contribution is -2.17. The molecule has 29 heavy (non-hydrogen) atoms. The molecule has 7 nitrogen and oxygen atoms in total. The number of hydrogen-bond donors (Lipinski definition) is 0. The molecule has 1 amide bonds. The number of allylic oxidation sites excluding steroid dienone is 1. The first-order chi connectivity index (χ1) is 14.1. The average Bonchev–Trinajstić information content (AvgIpc) is 3.31. The summed E-state index contributed by atoms with van der Waals surface area (Å²) in [5.41, 5.74) is 1.73. The van der Waals surface area contributed by atoms with Crippen LogP contribution in [0.25, 0.3) is 10.2 Å². The van der Waals surface area contributed by atoms with E-state index in [4.69, 9.17) is 18.9 Å². The molecule has 4 rings (SSSR count). The Bertz CT molecular complexity index is 1160. The standard InChI is InChI=1S/C21H20N2O5S/c1-4-7-23-14-10-16(25-2)17(26-3)11-19(14)29-21(23)22-20(24)9-13-5-6-15-18(8-13)28-12-27-15/h4-6,8,10-11H,1,7,9,12H2,2-3H3. The van der Waals surface area contributed by atoms with Crippen LogP contribution in [0.15, 0.2) is 48.0 Å². The predicted octanol–water partition coefficient (Wildman–Crippen LogP) is 3.30. The molecule has 150 valence electrons. The van der Waals surface area contributed by atoms with Gasteiger partial charge in [-0.3, -0.25) is 4.79 Å². The molecule has 1 aromatic heterocycles. The Morgan fingerprint density at radius 3 is 2.72 bits per heavy atom. The number of methoxy groups -OCH3 is 2. The predicted molar refractivity (Wildman–Crippen MR) is 110 cm³/mol. The summed E-state index contributed by atoms with van der Waals surface area (Å²) in [5, 5.41) is 0. The lowest BCUT2D eigenvalue weighted by atomic mass is 10.1. The van der Waals surface area contributed by atoms with Crippen LogP contribution in [0.4, 0.5) is 0 Å². The van der Waals surface area contributed by atoms with E-state index in [9.17, 15) is 4.79 Å². The topological polar surface area (TPSA) is 71.3 Å². The lowest BCUT2D eigenvalue weighted by Gasteiger charge is -2.08. The zero-order valence-corrected chi connectivity index (χ0v) is 17.0. The van der Waals surface area contributed by atoms with E-state index in [0.717, 1.165) is 15.8 Å². The van der Waals surface area contributed by atoms with E-state index in [1.807, 2.05) is 28.8 Å². The number of ether oxygens (including phenoxy) is 4. The summed E-state index contributed by atoms with van der Waals surface area (Å²) >= 11 is 1.42. The molecule has 0 N–H and O–H groups in total. The van der Waals surface area contributed by atoms with Crippen molar-refractivity contribution in [2.24, 2.45) is 4.99 Å². The second-order valence-corrected chi connectivity index (χ2v) is 7.34. The molecule has 2 aromatic carbocycles. The van der Waals surface area contributed by atoms with E-state index in [1.165, 1.54) is 11.3 Å². The Kier molecular flexibility index (Phi) is 5.26. The Balaban J connectivity index is 1.71. The van der Waals surface area contributed by atoms with Gasteiger partial charge < -0.3 is 23.5 Å². The van der Waals surface area contributed by atoms with Crippen molar-refractivity contribution in [2.45, 2.75) is 13.0 Å². The molecule has 0 fully saturated rings. The minimum atomic E-state index is -0.243. The smallest absolute Gasteiger partial charge is 0.252 e. The minimum absolute atomic E-state index is 0.172. The monoisotopic (exact) mass is 412 g/mol. The van der Waals surface area contributed by atoms with Gasteiger partial charge in [-0.1, -0.05) is 23.5 Å². The van der Waals surface area contributed by atoms with Gasteiger partial charge in [0, 0.05) is 18.7 Å². The summed E-state index contributed by atoms with van der Waals surface area (Å²) in [6.45, 7) is 4.54. The molecule has 2 heterocycles. The number of amides is 1. The highest BCUT2D eigenvalue weighted by Gasteiger charge is 2.15. The normalized spacial score (nSPS) is 13.0. The van der Waals surface area contributed by atoms with Crippen molar-refractivity contribution in [1.29, 1.82) is 0 Å². The van der Waals surface area contributed by atoms with Crippen molar-refractivity contribution in [1.82, 2.24) is 4.57 Å². The first-order valence-corrected chi connectivity index (χ1v) is 9.77. The zero-order chi connectivity index (χ0) is 20.4. The van der Waals surface area contributed by atoms with E-state index in [2.05, 4.69) is 11.6 Å². The van der Waals surface area contributed by atoms with E-state index in [-0.39, 0.29) is 19.1 Å². The first-order valence-electron chi connectivity index (χ1n) is 8.95. The Morgan fingerprint density at radius 2 is 1.97 bits per heavy atom. The van der Waals surface area contributed by atoms with Crippen molar-refractivity contribution < 1.29 is 23.7 Å². The number of fused-ring (bicyclic) bond motifs is 2. The molecule has 0 aliphatic carbocycles. The molecule has 1 aliphatic heterocycles. The van der Waals surface area contributed by atoms with Gasteiger partial charge in [0.05, 0.1) is 30.9 Å². The van der Waals surface area contributed by atoms with E-state index < -0.39 is 0 Å². The highest BCUT2D eigenvalue weighted by molar-refractivity contribution is 7.16. The molecule has 0 unspecified atom stereocenters. The number of thiazole rings is 1. The van der Waals surface area contributed by atoms with Crippen LogP contribution < -0.4 is 23.7 Å². The molecule has 0 radical (unpaired) electrons. The third kappa shape index (κ3) is 3.71. The minimum Gasteiger partial charge on any atom is -0.493 e. The van der Waals surface area contributed by atoms with E-state index >= 15 is 0 Å². The Hall–Kier alpha value is -3.26. The molecule has 0 spiro atoms. The summed E-state index contributed by atoms with van der Waals surface area (Å²) in [4.78, 5) is 17.6. The SMILES string of the molecule is C=CCn1c(=NC(=O)Cc2ccc3c(c2)OCO3)sc2cc(OC)c(OC)cc21. The summed E-state index contributed by atoms with van der Waals surface area (Å²) in [6.07, 6.45) is 1.94. The number of nitrogens with zero attached hydrogens (tertiary/aromatic N) is 2. The van der Waals surface area contributed by atoms with Crippen LogP contribution in [-0.2, 0) is 17.8 Å². The fourth-order valence-electron chi connectivity index (χ4n) is 3.16. The Morgan fingerprint density at radius 1 is 1.21 bits per heavy atom. The number of rotatable bonds is 6. The fourth-order valence-corrected chi connectivity index (χ4v) is 4.23. The van der Waals surface area contributed by atoms with E-state index in [1.54, 1.807) is 26.4 Å². The van der Waals surface area contributed by atoms with Crippen LogP contribution >= 0.6 is 11.3 Å². The van der Waals surface area contributed by atoms with Gasteiger partial charge in [0.2, 0.25) is 6.79 Å². The van der Waals surface area contributed by atoms with Crippen LogP contribution in [-0.4, -0.2) is 31.5 Å². The van der Waals surface area contributed by atoms with Gasteiger partial charge in [0.15, 0.2) is 27.8 Å². The summed E-state index contributed by atoms with van der Waals surface area (Å²) < 4.78 is 24.3. The molecule has 0 saturated heterocycles. The van der Waals surface area contributed by atoms with Gasteiger partial charge in [-0.2, -0.15) is 4.99 Å². The van der Waals surface area contributed by atoms with Gasteiger partial charge in [-0.15, -0.1) is 6.58 Å².